The normalized spacial score (nSPS) is 20.4. The van der Waals surface area contributed by atoms with Crippen molar-refractivity contribution in [3.63, 3.8) is 0 Å². The van der Waals surface area contributed by atoms with Crippen molar-refractivity contribution in [1.82, 2.24) is 9.29 Å². The van der Waals surface area contributed by atoms with E-state index in [0.29, 0.717) is 11.4 Å². The third-order valence-electron chi connectivity index (χ3n) is 3.25. The number of carbonyl (C=O) groups is 1. The molecule has 0 bridgehead atoms. The molecule has 1 aliphatic rings. The molecule has 0 aliphatic heterocycles. The van der Waals surface area contributed by atoms with Gasteiger partial charge in [0.25, 0.3) is 0 Å². The Labute approximate surface area is 123 Å². The van der Waals surface area contributed by atoms with Crippen molar-refractivity contribution in [1.29, 1.82) is 0 Å². The number of sulfonamides is 1. The second kappa shape index (κ2) is 6.24. The van der Waals surface area contributed by atoms with Crippen LogP contribution in [0.5, 0.6) is 0 Å². The number of thioether (sulfide) groups is 1. The topological polar surface area (TPSA) is 67.3 Å². The summed E-state index contributed by atoms with van der Waals surface area (Å²) < 4.78 is 25.0. The van der Waals surface area contributed by atoms with Crippen molar-refractivity contribution in [2.75, 3.05) is 14.1 Å². The van der Waals surface area contributed by atoms with E-state index >= 15 is 0 Å². The van der Waals surface area contributed by atoms with Crippen LogP contribution in [0, 0.1) is 0 Å². The van der Waals surface area contributed by atoms with E-state index in [0.717, 1.165) is 23.6 Å². The maximum atomic E-state index is 11.9. The number of nitrogens with zero attached hydrogens (tertiary/aromatic N) is 2. The van der Waals surface area contributed by atoms with E-state index in [-0.39, 0.29) is 15.9 Å². The smallest absolute Gasteiger partial charge is 0.244 e. The summed E-state index contributed by atoms with van der Waals surface area (Å²) in [5.74, 6) is 0.271. The Balaban J connectivity index is 2.11. The van der Waals surface area contributed by atoms with Gasteiger partial charge in [0.1, 0.15) is 10.7 Å². The molecule has 1 saturated carbocycles. The molecular weight excluding hydrogens is 296 g/mol. The molecule has 0 radical (unpaired) electrons. The molecule has 0 aromatic carbocycles. The zero-order valence-electron chi connectivity index (χ0n) is 11.6. The maximum Gasteiger partial charge on any atom is 0.244 e. The van der Waals surface area contributed by atoms with E-state index < -0.39 is 10.0 Å². The van der Waals surface area contributed by atoms with Gasteiger partial charge >= 0.3 is 0 Å². The van der Waals surface area contributed by atoms with Crippen LogP contribution in [0.25, 0.3) is 0 Å². The predicted octanol–water partition coefficient (Wildman–Crippen LogP) is 1.94. The van der Waals surface area contributed by atoms with Crippen LogP contribution >= 0.6 is 11.8 Å². The summed E-state index contributed by atoms with van der Waals surface area (Å²) in [5.41, 5.74) is 0. The number of carbonyl (C=O) groups excluding carboxylic acids is 1. The maximum absolute atomic E-state index is 11.9. The third-order valence-corrected chi connectivity index (χ3v) is 6.31. The molecule has 1 atom stereocenters. The lowest BCUT2D eigenvalue weighted by molar-refractivity contribution is -0.119. The molecule has 5 nitrogen and oxygen atoms in total. The summed E-state index contributed by atoms with van der Waals surface area (Å²) in [5, 5.41) is 0.663. The van der Waals surface area contributed by atoms with Crippen molar-refractivity contribution in [2.24, 2.45) is 0 Å². The van der Waals surface area contributed by atoms with Crippen molar-refractivity contribution in [2.45, 2.75) is 40.9 Å². The molecule has 0 N–H and O–H groups in total. The Morgan fingerprint density at radius 2 is 2.05 bits per heavy atom. The van der Waals surface area contributed by atoms with E-state index in [4.69, 9.17) is 0 Å². The van der Waals surface area contributed by atoms with Crippen LogP contribution in [0.2, 0.25) is 0 Å². The van der Waals surface area contributed by atoms with Crippen molar-refractivity contribution in [3.05, 3.63) is 18.3 Å². The SMILES string of the molecule is CN(C)S(=O)(=O)c1ccc(SC2CCCCC2=O)nc1. The highest BCUT2D eigenvalue weighted by molar-refractivity contribution is 8.00. The number of hydrogen-bond acceptors (Lipinski definition) is 5. The minimum Gasteiger partial charge on any atom is -0.298 e. The molecule has 0 spiro atoms. The number of rotatable bonds is 4. The Morgan fingerprint density at radius 3 is 2.60 bits per heavy atom. The molecule has 110 valence electrons. The Hall–Kier alpha value is -0.920. The summed E-state index contributed by atoms with van der Waals surface area (Å²) in [7, 11) is -0.473. The van der Waals surface area contributed by atoms with Crippen LogP contribution in [0.4, 0.5) is 0 Å². The monoisotopic (exact) mass is 314 g/mol. The summed E-state index contributed by atoms with van der Waals surface area (Å²) >= 11 is 1.43. The van der Waals surface area contributed by atoms with E-state index in [2.05, 4.69) is 4.98 Å². The first-order chi connectivity index (χ1) is 9.41. The van der Waals surface area contributed by atoms with Gasteiger partial charge in [0, 0.05) is 26.7 Å². The zero-order valence-corrected chi connectivity index (χ0v) is 13.2. The van der Waals surface area contributed by atoms with Gasteiger partial charge in [-0.2, -0.15) is 0 Å². The Kier molecular flexibility index (Phi) is 4.82. The minimum absolute atomic E-state index is 0.0347. The first kappa shape index (κ1) is 15.5. The molecule has 1 aromatic heterocycles. The average molecular weight is 314 g/mol. The molecule has 0 saturated heterocycles. The summed E-state index contributed by atoms with van der Waals surface area (Å²) in [6.07, 6.45) is 4.92. The van der Waals surface area contributed by atoms with E-state index in [1.807, 2.05) is 0 Å². The first-order valence-corrected chi connectivity index (χ1v) is 8.81. The molecule has 1 aromatic rings. The first-order valence-electron chi connectivity index (χ1n) is 6.49. The number of aromatic nitrogens is 1. The van der Waals surface area contributed by atoms with Crippen LogP contribution in [-0.2, 0) is 14.8 Å². The number of pyridine rings is 1. The Bertz CT molecular complexity index is 582. The second-order valence-electron chi connectivity index (χ2n) is 4.94. The molecule has 1 aliphatic carbocycles. The molecule has 2 rings (SSSR count). The van der Waals surface area contributed by atoms with Gasteiger partial charge in [-0.3, -0.25) is 4.79 Å². The van der Waals surface area contributed by atoms with Gasteiger partial charge in [-0.25, -0.2) is 17.7 Å². The average Bonchev–Trinajstić information content (AvgIpc) is 2.42. The van der Waals surface area contributed by atoms with Gasteiger partial charge < -0.3 is 0 Å². The van der Waals surface area contributed by atoms with Gasteiger partial charge in [-0.15, -0.1) is 0 Å². The fourth-order valence-electron chi connectivity index (χ4n) is 2.02. The summed E-state index contributed by atoms with van der Waals surface area (Å²) in [4.78, 5) is 16.1. The van der Waals surface area contributed by atoms with Crippen LogP contribution in [-0.4, -0.2) is 42.8 Å². The van der Waals surface area contributed by atoms with Crippen LogP contribution in [0.1, 0.15) is 25.7 Å². The predicted molar refractivity (Wildman–Crippen MR) is 78.2 cm³/mol. The van der Waals surface area contributed by atoms with Gasteiger partial charge in [0.15, 0.2) is 0 Å². The summed E-state index contributed by atoms with van der Waals surface area (Å²) in [6.45, 7) is 0. The lowest BCUT2D eigenvalue weighted by Crippen LogP contribution is -2.22. The lowest BCUT2D eigenvalue weighted by atomic mass is 9.99. The van der Waals surface area contributed by atoms with Gasteiger partial charge in [0.05, 0.1) is 10.3 Å². The molecule has 7 heteroatoms. The van der Waals surface area contributed by atoms with Crippen molar-refractivity contribution >= 4 is 27.6 Å². The zero-order chi connectivity index (χ0) is 14.8. The van der Waals surface area contributed by atoms with Gasteiger partial charge in [-0.1, -0.05) is 18.2 Å². The highest BCUT2D eigenvalue weighted by Crippen LogP contribution is 2.30. The highest BCUT2D eigenvalue weighted by atomic mass is 32.2. The number of ketones is 1. The second-order valence-corrected chi connectivity index (χ2v) is 8.31. The van der Waals surface area contributed by atoms with E-state index in [1.54, 1.807) is 6.07 Å². The van der Waals surface area contributed by atoms with Gasteiger partial charge in [-0.05, 0) is 25.0 Å². The van der Waals surface area contributed by atoms with E-state index in [9.17, 15) is 13.2 Å². The molecule has 0 amide bonds. The lowest BCUT2D eigenvalue weighted by Gasteiger charge is -2.19. The van der Waals surface area contributed by atoms with Gasteiger partial charge in [0.2, 0.25) is 10.0 Å². The number of Topliss-reactive ketones (excluding diaryl/α,β-unsaturated/α-hetero) is 1. The number of hydrogen-bond donors (Lipinski definition) is 0. The molecule has 1 heterocycles. The molecular formula is C13H18N2O3S2. The standard InChI is InChI=1S/C13H18N2O3S2/c1-15(2)20(17,18)10-7-8-13(14-9-10)19-12-6-4-3-5-11(12)16/h7-9,12H,3-6H2,1-2H3. The van der Waals surface area contributed by atoms with Crippen LogP contribution in [0.3, 0.4) is 0 Å². The fraction of sp³-hybridized carbons (Fsp3) is 0.538. The molecule has 1 unspecified atom stereocenters. The molecule has 1 fully saturated rings. The van der Waals surface area contributed by atoms with Crippen LogP contribution in [0.15, 0.2) is 28.3 Å². The van der Waals surface area contributed by atoms with Crippen molar-refractivity contribution < 1.29 is 13.2 Å². The largest absolute Gasteiger partial charge is 0.298 e. The fourth-order valence-corrected chi connectivity index (χ4v) is 3.95. The quantitative estimate of drug-likeness (QED) is 0.849. The summed E-state index contributed by atoms with van der Waals surface area (Å²) in [6, 6.07) is 3.21. The Morgan fingerprint density at radius 1 is 1.30 bits per heavy atom. The molecule has 20 heavy (non-hydrogen) atoms. The third kappa shape index (κ3) is 3.39. The highest BCUT2D eigenvalue weighted by Gasteiger charge is 2.24. The minimum atomic E-state index is -3.44. The van der Waals surface area contributed by atoms with Crippen LogP contribution < -0.4 is 0 Å². The van der Waals surface area contributed by atoms with E-state index in [1.165, 1.54) is 38.1 Å². The van der Waals surface area contributed by atoms with Crippen molar-refractivity contribution in [3.8, 4) is 0 Å².